The van der Waals surface area contributed by atoms with Gasteiger partial charge in [0.15, 0.2) is 5.78 Å². The number of ether oxygens (including phenoxy) is 1. The van der Waals surface area contributed by atoms with E-state index in [-0.39, 0.29) is 18.0 Å². The fourth-order valence-electron chi connectivity index (χ4n) is 1.64. The largest absolute Gasteiger partial charge is 0.457 e. The summed E-state index contributed by atoms with van der Waals surface area (Å²) in [5.74, 6) is -0.876. The zero-order valence-electron chi connectivity index (χ0n) is 10.6. The molecule has 0 amide bonds. The van der Waals surface area contributed by atoms with E-state index in [2.05, 4.69) is 0 Å². The first kappa shape index (κ1) is 13.5. The second-order valence-electron chi connectivity index (χ2n) is 4.07. The number of allylic oxidation sites excluding steroid dienone is 5. The molecule has 1 aromatic carbocycles. The Labute approximate surface area is 116 Å². The van der Waals surface area contributed by atoms with Crippen molar-refractivity contribution in [1.29, 1.82) is 5.26 Å². The Kier molecular flexibility index (Phi) is 4.25. The van der Waals surface area contributed by atoms with E-state index in [1.54, 1.807) is 0 Å². The van der Waals surface area contributed by atoms with Gasteiger partial charge in [-0.05, 0) is 35.4 Å². The Morgan fingerprint density at radius 3 is 2.35 bits per heavy atom. The van der Waals surface area contributed by atoms with Crippen LogP contribution in [0.1, 0.15) is 5.56 Å². The van der Waals surface area contributed by atoms with Crippen molar-refractivity contribution in [2.75, 3.05) is 0 Å². The molecule has 0 spiro atoms. The van der Waals surface area contributed by atoms with Crippen molar-refractivity contribution in [3.8, 4) is 6.07 Å². The summed E-state index contributed by atoms with van der Waals surface area (Å²) < 4.78 is 5.09. The van der Waals surface area contributed by atoms with E-state index in [1.807, 2.05) is 36.4 Å². The lowest BCUT2D eigenvalue weighted by Crippen LogP contribution is -2.09. The van der Waals surface area contributed by atoms with E-state index in [1.165, 1.54) is 24.3 Å². The number of hydrogen-bond acceptors (Lipinski definition) is 4. The molecule has 0 saturated carbocycles. The lowest BCUT2D eigenvalue weighted by molar-refractivity contribution is -0.139. The molecular weight excluding hydrogens is 254 g/mol. The van der Waals surface area contributed by atoms with Gasteiger partial charge in [0.25, 0.3) is 0 Å². The molecule has 0 bridgehead atoms. The highest BCUT2D eigenvalue weighted by Crippen LogP contribution is 2.14. The molecule has 1 aliphatic rings. The first-order valence-corrected chi connectivity index (χ1v) is 5.96. The topological polar surface area (TPSA) is 67.2 Å². The van der Waals surface area contributed by atoms with Gasteiger partial charge in [0, 0.05) is 0 Å². The van der Waals surface area contributed by atoms with E-state index < -0.39 is 5.97 Å². The lowest BCUT2D eigenvalue weighted by atomic mass is 10.0. The molecule has 1 aliphatic carbocycles. The fourth-order valence-corrected chi connectivity index (χ4v) is 1.64. The number of nitriles is 1. The minimum Gasteiger partial charge on any atom is -0.457 e. The second kappa shape index (κ2) is 6.30. The van der Waals surface area contributed by atoms with E-state index >= 15 is 0 Å². The molecule has 0 saturated heterocycles. The zero-order chi connectivity index (χ0) is 14.4. The number of benzene rings is 1. The molecule has 0 aliphatic heterocycles. The third-order valence-electron chi connectivity index (χ3n) is 2.67. The standard InChI is InChI=1S/C16H11NO3/c17-10-15(13-6-8-14(18)9-7-13)16(19)20-11-12-4-2-1-3-5-12/h1-9H,11H2. The summed E-state index contributed by atoms with van der Waals surface area (Å²) in [5.41, 5.74) is 1.11. The molecule has 1 aromatic rings. The molecule has 4 nitrogen and oxygen atoms in total. The predicted molar refractivity (Wildman–Crippen MR) is 72.2 cm³/mol. The Hall–Kier alpha value is -2.93. The Morgan fingerprint density at radius 1 is 1.10 bits per heavy atom. The summed E-state index contributed by atoms with van der Waals surface area (Å²) in [6.07, 6.45) is 5.48. The molecule has 0 fully saturated rings. The maximum atomic E-state index is 11.9. The van der Waals surface area contributed by atoms with Gasteiger partial charge in [0.05, 0.1) is 0 Å². The normalized spacial score (nSPS) is 12.9. The van der Waals surface area contributed by atoms with Crippen LogP contribution >= 0.6 is 0 Å². The highest BCUT2D eigenvalue weighted by molar-refractivity contribution is 6.03. The molecule has 0 radical (unpaired) electrons. The van der Waals surface area contributed by atoms with Gasteiger partial charge in [-0.15, -0.1) is 0 Å². The monoisotopic (exact) mass is 265 g/mol. The third kappa shape index (κ3) is 3.30. The van der Waals surface area contributed by atoms with Crippen LogP contribution in [0.25, 0.3) is 0 Å². The summed E-state index contributed by atoms with van der Waals surface area (Å²) in [7, 11) is 0. The molecule has 0 N–H and O–H groups in total. The van der Waals surface area contributed by atoms with Gasteiger partial charge in [-0.25, -0.2) is 4.79 Å². The summed E-state index contributed by atoms with van der Waals surface area (Å²) in [6.45, 7) is 0.102. The van der Waals surface area contributed by atoms with Crippen LogP contribution in [0.4, 0.5) is 0 Å². The van der Waals surface area contributed by atoms with E-state index in [4.69, 9.17) is 10.00 Å². The van der Waals surface area contributed by atoms with Crippen LogP contribution in [0, 0.1) is 11.3 Å². The molecule has 98 valence electrons. The van der Waals surface area contributed by atoms with Gasteiger partial charge >= 0.3 is 5.97 Å². The van der Waals surface area contributed by atoms with Crippen LogP contribution in [0.5, 0.6) is 0 Å². The lowest BCUT2D eigenvalue weighted by Gasteiger charge is -2.06. The Morgan fingerprint density at radius 2 is 1.75 bits per heavy atom. The minimum atomic E-state index is -0.699. The molecular formula is C16H11NO3. The first-order chi connectivity index (χ1) is 9.70. The van der Waals surface area contributed by atoms with Crippen molar-refractivity contribution < 1.29 is 14.3 Å². The first-order valence-electron chi connectivity index (χ1n) is 5.96. The van der Waals surface area contributed by atoms with E-state index in [0.29, 0.717) is 5.57 Å². The van der Waals surface area contributed by atoms with Crippen molar-refractivity contribution >= 4 is 11.8 Å². The van der Waals surface area contributed by atoms with Crippen molar-refractivity contribution in [3.05, 3.63) is 71.3 Å². The van der Waals surface area contributed by atoms with Gasteiger partial charge in [-0.2, -0.15) is 5.26 Å². The van der Waals surface area contributed by atoms with Crippen LogP contribution in [0.2, 0.25) is 0 Å². The zero-order valence-corrected chi connectivity index (χ0v) is 10.6. The van der Waals surface area contributed by atoms with Gasteiger partial charge in [0.2, 0.25) is 0 Å². The van der Waals surface area contributed by atoms with Crippen LogP contribution in [-0.2, 0) is 20.9 Å². The molecule has 4 heteroatoms. The molecule has 20 heavy (non-hydrogen) atoms. The fraction of sp³-hybridized carbons (Fsp3) is 0.0625. The summed E-state index contributed by atoms with van der Waals surface area (Å²) in [6, 6.07) is 11.0. The smallest absolute Gasteiger partial charge is 0.349 e. The average molecular weight is 265 g/mol. The highest BCUT2D eigenvalue weighted by atomic mass is 16.5. The number of esters is 1. The second-order valence-corrected chi connectivity index (χ2v) is 4.07. The molecule has 0 heterocycles. The average Bonchev–Trinajstić information content (AvgIpc) is 2.49. The SMILES string of the molecule is N#CC(C(=O)OCc1ccccc1)=C1C=CC(=O)C=C1. The van der Waals surface area contributed by atoms with Crippen LogP contribution in [0.3, 0.4) is 0 Å². The molecule has 2 rings (SSSR count). The number of hydrogen-bond donors (Lipinski definition) is 0. The van der Waals surface area contributed by atoms with Gasteiger partial charge in [0.1, 0.15) is 18.2 Å². The summed E-state index contributed by atoms with van der Waals surface area (Å²) in [5, 5.41) is 9.05. The number of carbonyl (C=O) groups excluding carboxylic acids is 2. The Balaban J connectivity index is 2.09. The molecule has 0 atom stereocenters. The minimum absolute atomic E-state index is 0.102. The summed E-state index contributed by atoms with van der Waals surface area (Å²) in [4.78, 5) is 22.9. The van der Waals surface area contributed by atoms with Gasteiger partial charge in [-0.3, -0.25) is 4.79 Å². The van der Waals surface area contributed by atoms with Gasteiger partial charge in [-0.1, -0.05) is 30.3 Å². The van der Waals surface area contributed by atoms with E-state index in [9.17, 15) is 9.59 Å². The maximum absolute atomic E-state index is 11.9. The van der Waals surface area contributed by atoms with Crippen molar-refractivity contribution in [2.45, 2.75) is 6.61 Å². The van der Waals surface area contributed by atoms with Crippen LogP contribution in [-0.4, -0.2) is 11.8 Å². The van der Waals surface area contributed by atoms with Crippen LogP contribution in [0.15, 0.2) is 65.8 Å². The van der Waals surface area contributed by atoms with Gasteiger partial charge < -0.3 is 4.74 Å². The Bertz CT molecular complexity index is 643. The third-order valence-corrected chi connectivity index (χ3v) is 2.67. The predicted octanol–water partition coefficient (Wildman–Crippen LogP) is 2.25. The van der Waals surface area contributed by atoms with Crippen molar-refractivity contribution in [2.24, 2.45) is 0 Å². The molecule has 0 aromatic heterocycles. The maximum Gasteiger partial charge on any atom is 0.349 e. The quantitative estimate of drug-likeness (QED) is 0.477. The molecule has 0 unspecified atom stereocenters. The number of rotatable bonds is 3. The van der Waals surface area contributed by atoms with Crippen LogP contribution < -0.4 is 0 Å². The number of carbonyl (C=O) groups is 2. The van der Waals surface area contributed by atoms with Crippen molar-refractivity contribution in [1.82, 2.24) is 0 Å². The number of nitrogens with zero attached hydrogens (tertiary/aromatic N) is 1. The highest BCUT2D eigenvalue weighted by Gasteiger charge is 2.15. The van der Waals surface area contributed by atoms with Crippen molar-refractivity contribution in [3.63, 3.8) is 0 Å². The van der Waals surface area contributed by atoms with E-state index in [0.717, 1.165) is 5.56 Å². The number of ketones is 1. The summed E-state index contributed by atoms with van der Waals surface area (Å²) >= 11 is 0.